The van der Waals surface area contributed by atoms with E-state index in [1.165, 1.54) is 11.1 Å². The van der Waals surface area contributed by atoms with E-state index in [0.29, 0.717) is 13.2 Å². The van der Waals surface area contributed by atoms with E-state index in [9.17, 15) is 4.79 Å². The van der Waals surface area contributed by atoms with E-state index in [0.717, 1.165) is 6.42 Å². The highest BCUT2D eigenvalue weighted by atomic mass is 16.7. The molecule has 4 heteroatoms. The Morgan fingerprint density at radius 3 is 2.19 bits per heavy atom. The van der Waals surface area contributed by atoms with Crippen molar-refractivity contribution >= 4 is 5.97 Å². The number of ether oxygens (including phenoxy) is 3. The molecule has 0 bridgehead atoms. The molecular weight excluding hydrogens is 340 g/mol. The van der Waals surface area contributed by atoms with Gasteiger partial charge in [0.05, 0.1) is 24.7 Å². The molecule has 1 aromatic carbocycles. The lowest BCUT2D eigenvalue weighted by Gasteiger charge is -2.26. The van der Waals surface area contributed by atoms with Crippen LogP contribution in [0.3, 0.4) is 0 Å². The van der Waals surface area contributed by atoms with E-state index < -0.39 is 11.2 Å². The molecule has 1 aliphatic rings. The van der Waals surface area contributed by atoms with Gasteiger partial charge in [-0.05, 0) is 57.6 Å². The predicted molar refractivity (Wildman–Crippen MR) is 108 cm³/mol. The van der Waals surface area contributed by atoms with Gasteiger partial charge in [-0.3, -0.25) is 4.79 Å². The lowest BCUT2D eigenvalue weighted by atomic mass is 9.85. The molecule has 1 heterocycles. The molecule has 2 rings (SSSR count). The normalized spacial score (nSPS) is 21.1. The molecule has 0 aromatic heterocycles. The SMILES string of the molecule is CC1(C)OC[C@H]([C@H](COC(=O)C(C)(C)C)Cc2ccc(C(C)(C)C)cc2)O1. The minimum atomic E-state index is -0.590. The molecule has 152 valence electrons. The van der Waals surface area contributed by atoms with E-state index in [2.05, 4.69) is 45.0 Å². The van der Waals surface area contributed by atoms with Gasteiger partial charge in [0.1, 0.15) is 0 Å². The lowest BCUT2D eigenvalue weighted by Crippen LogP contribution is -2.34. The molecule has 0 unspecified atom stereocenters. The van der Waals surface area contributed by atoms with E-state index in [-0.39, 0.29) is 23.4 Å². The maximum atomic E-state index is 12.2. The fourth-order valence-corrected chi connectivity index (χ4v) is 3.09. The number of hydrogen-bond acceptors (Lipinski definition) is 4. The van der Waals surface area contributed by atoms with Crippen LogP contribution in [0.5, 0.6) is 0 Å². The van der Waals surface area contributed by atoms with E-state index in [1.54, 1.807) is 0 Å². The van der Waals surface area contributed by atoms with Gasteiger partial charge in [0.2, 0.25) is 0 Å². The number of hydrogen-bond donors (Lipinski definition) is 0. The second-order valence-corrected chi connectivity index (χ2v) is 10.1. The van der Waals surface area contributed by atoms with Crippen molar-refractivity contribution in [2.24, 2.45) is 11.3 Å². The molecule has 0 amide bonds. The Kier molecular flexibility index (Phi) is 6.43. The van der Waals surface area contributed by atoms with Crippen LogP contribution >= 0.6 is 0 Å². The first-order chi connectivity index (χ1) is 12.3. The van der Waals surface area contributed by atoms with Crippen LogP contribution < -0.4 is 0 Å². The van der Waals surface area contributed by atoms with Gasteiger partial charge >= 0.3 is 5.97 Å². The van der Waals surface area contributed by atoms with Gasteiger partial charge in [-0.1, -0.05) is 45.0 Å². The van der Waals surface area contributed by atoms with E-state index in [1.807, 2.05) is 34.6 Å². The molecule has 1 saturated heterocycles. The van der Waals surface area contributed by atoms with Crippen LogP contribution in [0.1, 0.15) is 66.5 Å². The summed E-state index contributed by atoms with van der Waals surface area (Å²) < 4.78 is 17.4. The molecule has 0 N–H and O–H groups in total. The molecule has 1 aromatic rings. The van der Waals surface area contributed by atoms with Gasteiger partial charge < -0.3 is 14.2 Å². The lowest BCUT2D eigenvalue weighted by molar-refractivity contribution is -0.160. The van der Waals surface area contributed by atoms with E-state index >= 15 is 0 Å². The topological polar surface area (TPSA) is 44.8 Å². The van der Waals surface area contributed by atoms with Crippen LogP contribution in [0, 0.1) is 11.3 Å². The smallest absolute Gasteiger partial charge is 0.311 e. The molecule has 0 saturated carbocycles. The molecule has 1 aliphatic heterocycles. The van der Waals surface area contributed by atoms with Crippen LogP contribution in [0.4, 0.5) is 0 Å². The Bertz CT molecular complexity index is 632. The summed E-state index contributed by atoms with van der Waals surface area (Å²) in [5.74, 6) is -0.722. The second kappa shape index (κ2) is 7.92. The van der Waals surface area contributed by atoms with Crippen LogP contribution in [0.25, 0.3) is 0 Å². The van der Waals surface area contributed by atoms with Gasteiger partial charge in [-0.25, -0.2) is 0 Å². The standard InChI is InChI=1S/C23H36O4/c1-21(2,3)18-11-9-16(10-12-18)13-17(14-25-20(24)22(4,5)6)19-15-26-23(7,8)27-19/h9-12,17,19H,13-15H2,1-8H3/t17-,19+/m0/s1. The monoisotopic (exact) mass is 376 g/mol. The molecule has 0 radical (unpaired) electrons. The third-order valence-corrected chi connectivity index (χ3v) is 4.91. The van der Waals surface area contributed by atoms with Crippen molar-refractivity contribution in [3.8, 4) is 0 Å². The van der Waals surface area contributed by atoms with Gasteiger partial charge in [0.25, 0.3) is 0 Å². The summed E-state index contributed by atoms with van der Waals surface area (Å²) in [6.45, 7) is 16.9. The first-order valence-electron chi connectivity index (χ1n) is 9.86. The maximum Gasteiger partial charge on any atom is 0.311 e. The Morgan fingerprint density at radius 2 is 1.74 bits per heavy atom. The highest BCUT2D eigenvalue weighted by Gasteiger charge is 2.38. The van der Waals surface area contributed by atoms with Gasteiger partial charge in [0.15, 0.2) is 5.79 Å². The summed E-state index contributed by atoms with van der Waals surface area (Å²) in [6, 6.07) is 8.70. The fourth-order valence-electron chi connectivity index (χ4n) is 3.09. The third-order valence-electron chi connectivity index (χ3n) is 4.91. The zero-order valence-corrected chi connectivity index (χ0v) is 18.2. The Morgan fingerprint density at radius 1 is 1.15 bits per heavy atom. The van der Waals surface area contributed by atoms with E-state index in [4.69, 9.17) is 14.2 Å². The quantitative estimate of drug-likeness (QED) is 0.687. The Balaban J connectivity index is 2.11. The summed E-state index contributed by atoms with van der Waals surface area (Å²) in [6.07, 6.45) is 0.696. The zero-order chi connectivity index (χ0) is 20.5. The highest BCUT2D eigenvalue weighted by molar-refractivity contribution is 5.75. The first-order valence-corrected chi connectivity index (χ1v) is 9.86. The Labute approximate surface area is 164 Å². The zero-order valence-electron chi connectivity index (χ0n) is 18.2. The molecule has 1 fully saturated rings. The summed E-state index contributed by atoms with van der Waals surface area (Å²) in [7, 11) is 0. The number of rotatable bonds is 5. The molecule has 2 atom stereocenters. The van der Waals surface area contributed by atoms with Crippen molar-refractivity contribution in [1.82, 2.24) is 0 Å². The number of benzene rings is 1. The first kappa shape index (κ1) is 21.9. The molecule has 4 nitrogen and oxygen atoms in total. The largest absolute Gasteiger partial charge is 0.465 e. The Hall–Kier alpha value is -1.39. The van der Waals surface area contributed by atoms with Crippen LogP contribution in [0.15, 0.2) is 24.3 Å². The third kappa shape index (κ3) is 6.32. The molecule has 0 spiro atoms. The number of carbonyl (C=O) groups is 1. The van der Waals surface area contributed by atoms with Crippen molar-refractivity contribution in [1.29, 1.82) is 0 Å². The summed E-state index contributed by atoms with van der Waals surface area (Å²) in [4.78, 5) is 12.2. The van der Waals surface area contributed by atoms with Crippen LogP contribution in [-0.2, 0) is 30.8 Å². The number of carbonyl (C=O) groups excluding carboxylic acids is 1. The fraction of sp³-hybridized carbons (Fsp3) is 0.696. The molecular formula is C23H36O4. The van der Waals surface area contributed by atoms with Crippen LogP contribution in [0.2, 0.25) is 0 Å². The highest BCUT2D eigenvalue weighted by Crippen LogP contribution is 2.30. The van der Waals surface area contributed by atoms with Crippen molar-refractivity contribution in [3.63, 3.8) is 0 Å². The van der Waals surface area contributed by atoms with Gasteiger partial charge in [0, 0.05) is 5.92 Å². The molecule has 0 aliphatic carbocycles. The average Bonchev–Trinajstić information content (AvgIpc) is 2.89. The van der Waals surface area contributed by atoms with Crippen molar-refractivity contribution in [3.05, 3.63) is 35.4 Å². The summed E-state index contributed by atoms with van der Waals surface area (Å²) in [5.41, 5.74) is 2.15. The minimum Gasteiger partial charge on any atom is -0.465 e. The van der Waals surface area contributed by atoms with Crippen molar-refractivity contribution < 1.29 is 19.0 Å². The average molecular weight is 377 g/mol. The number of esters is 1. The summed E-state index contributed by atoms with van der Waals surface area (Å²) in [5, 5.41) is 0. The second-order valence-electron chi connectivity index (χ2n) is 10.1. The van der Waals surface area contributed by atoms with Crippen molar-refractivity contribution in [2.75, 3.05) is 13.2 Å². The predicted octanol–water partition coefficient (Wildman–Crippen LogP) is 4.88. The summed E-state index contributed by atoms with van der Waals surface area (Å²) >= 11 is 0. The van der Waals surface area contributed by atoms with Crippen LogP contribution in [-0.4, -0.2) is 31.1 Å². The molecule has 27 heavy (non-hydrogen) atoms. The maximum absolute atomic E-state index is 12.2. The van der Waals surface area contributed by atoms with Crippen molar-refractivity contribution in [2.45, 2.75) is 79.1 Å². The van der Waals surface area contributed by atoms with Gasteiger partial charge in [-0.15, -0.1) is 0 Å². The minimum absolute atomic E-state index is 0.0542. The van der Waals surface area contributed by atoms with Gasteiger partial charge in [-0.2, -0.15) is 0 Å².